The Bertz CT molecular complexity index is 1130. The first kappa shape index (κ1) is 27.4. The lowest BCUT2D eigenvalue weighted by Gasteiger charge is -2.34. The van der Waals surface area contributed by atoms with E-state index >= 15 is 0 Å². The minimum Gasteiger partial charge on any atom is -0.493 e. The zero-order valence-corrected chi connectivity index (χ0v) is 22.2. The number of fused-ring (bicyclic) bond motifs is 3. The number of benzene rings is 2. The Hall–Kier alpha value is -2.65. The van der Waals surface area contributed by atoms with Crippen LogP contribution in [0.2, 0.25) is 0 Å². The summed E-state index contributed by atoms with van der Waals surface area (Å²) < 4.78 is 11.3. The van der Waals surface area contributed by atoms with Crippen molar-refractivity contribution < 1.29 is 24.2 Å². The summed E-state index contributed by atoms with van der Waals surface area (Å²) in [5.41, 5.74) is 4.53. The third-order valence-corrected chi connectivity index (χ3v) is 7.54. The lowest BCUT2D eigenvalue weighted by atomic mass is 9.91. The molecule has 2 amide bonds. The topological polar surface area (TPSA) is 100 Å². The normalized spacial score (nSPS) is 23.0. The number of amides is 2. The zero-order valence-electron chi connectivity index (χ0n) is 21.4. The molecule has 8 nitrogen and oxygen atoms in total. The molecule has 0 spiro atoms. The molecular weight excluding hydrogens is 494 g/mol. The maximum atomic E-state index is 13.3. The molecule has 9 heteroatoms. The van der Waals surface area contributed by atoms with Crippen molar-refractivity contribution in [2.45, 2.75) is 63.9 Å². The van der Waals surface area contributed by atoms with Crippen molar-refractivity contribution >= 4 is 24.2 Å². The molecule has 4 unspecified atom stereocenters. The van der Waals surface area contributed by atoms with E-state index in [0.717, 1.165) is 12.8 Å². The van der Waals surface area contributed by atoms with E-state index in [1.807, 2.05) is 11.8 Å². The number of halogens is 1. The number of nitrogens with one attached hydrogen (secondary N) is 2. The van der Waals surface area contributed by atoms with Crippen molar-refractivity contribution in [3.8, 4) is 5.75 Å². The fraction of sp³-hybridized carbons (Fsp3) is 0.500. The van der Waals surface area contributed by atoms with Crippen molar-refractivity contribution in [1.82, 2.24) is 15.5 Å². The molecule has 0 aromatic heterocycles. The standard InChI is InChI=1S/C28H35N3O5.ClH/c1-3-36-26-12-18(28(34)31-21-7-8-22(31)16-35-15-21)6-9-23(26)27(33)30-14-25(32)24-11-20-10-17(2)4-5-19(20)13-29-24;/h4-6,9-10,12,21-22,24-25,29,32H,3,7-8,11,13-16H2,1-2H3,(H,30,33);1H. The molecule has 2 bridgehead atoms. The van der Waals surface area contributed by atoms with Gasteiger partial charge in [-0.1, -0.05) is 23.8 Å². The number of morpholine rings is 1. The summed E-state index contributed by atoms with van der Waals surface area (Å²) in [6, 6.07) is 11.4. The minimum absolute atomic E-state index is 0. The first-order valence-corrected chi connectivity index (χ1v) is 12.9. The van der Waals surface area contributed by atoms with Gasteiger partial charge in [-0.15, -0.1) is 12.4 Å². The van der Waals surface area contributed by atoms with Crippen molar-refractivity contribution in [2.75, 3.05) is 26.4 Å². The molecule has 3 aliphatic rings. The Morgan fingerprint density at radius 1 is 1.16 bits per heavy atom. The second-order valence-electron chi connectivity index (χ2n) is 10.0. The van der Waals surface area contributed by atoms with Crippen molar-refractivity contribution in [1.29, 1.82) is 0 Å². The molecule has 2 saturated heterocycles. The summed E-state index contributed by atoms with van der Waals surface area (Å²) in [6.45, 7) is 6.23. The van der Waals surface area contributed by atoms with Crippen molar-refractivity contribution in [3.05, 3.63) is 64.2 Å². The zero-order chi connectivity index (χ0) is 25.2. The first-order chi connectivity index (χ1) is 17.4. The number of carbonyl (C=O) groups excluding carboxylic acids is 2. The van der Waals surface area contributed by atoms with Crippen LogP contribution in [0.15, 0.2) is 36.4 Å². The van der Waals surface area contributed by atoms with Crippen LogP contribution in [-0.4, -0.2) is 72.4 Å². The van der Waals surface area contributed by atoms with Crippen LogP contribution in [0, 0.1) is 6.92 Å². The summed E-state index contributed by atoms with van der Waals surface area (Å²) in [4.78, 5) is 28.2. The number of rotatable bonds is 7. The van der Waals surface area contributed by atoms with Crippen LogP contribution in [0.3, 0.4) is 0 Å². The van der Waals surface area contributed by atoms with Gasteiger partial charge in [-0.25, -0.2) is 0 Å². The van der Waals surface area contributed by atoms with Crippen LogP contribution in [-0.2, 0) is 17.7 Å². The van der Waals surface area contributed by atoms with Crippen LogP contribution in [0.4, 0.5) is 0 Å². The van der Waals surface area contributed by atoms with Crippen molar-refractivity contribution in [3.63, 3.8) is 0 Å². The Balaban J connectivity index is 0.00000320. The van der Waals surface area contributed by atoms with E-state index in [4.69, 9.17) is 9.47 Å². The number of hydrogen-bond donors (Lipinski definition) is 3. The molecule has 2 aromatic rings. The second kappa shape index (κ2) is 11.8. The summed E-state index contributed by atoms with van der Waals surface area (Å²) >= 11 is 0. The maximum Gasteiger partial charge on any atom is 0.255 e. The van der Waals surface area contributed by atoms with Gasteiger partial charge in [0, 0.05) is 24.7 Å². The lowest BCUT2D eigenvalue weighted by Crippen LogP contribution is -2.49. The average molecular weight is 530 g/mol. The van der Waals surface area contributed by atoms with Gasteiger partial charge in [-0.3, -0.25) is 9.59 Å². The number of hydrogen-bond acceptors (Lipinski definition) is 6. The highest BCUT2D eigenvalue weighted by atomic mass is 35.5. The summed E-state index contributed by atoms with van der Waals surface area (Å²) in [5.74, 6) is -0.0147. The van der Waals surface area contributed by atoms with Gasteiger partial charge in [0.05, 0.1) is 43.6 Å². The van der Waals surface area contributed by atoms with Gasteiger partial charge in [-0.05, 0) is 62.4 Å². The van der Waals surface area contributed by atoms with Gasteiger partial charge in [0.25, 0.3) is 11.8 Å². The predicted octanol–water partition coefficient (Wildman–Crippen LogP) is 2.62. The molecule has 2 aromatic carbocycles. The van der Waals surface area contributed by atoms with E-state index in [1.165, 1.54) is 16.7 Å². The molecule has 0 aliphatic carbocycles. The Kier molecular flexibility index (Phi) is 8.75. The number of aliphatic hydroxyl groups is 1. The molecular formula is C28H36ClN3O5. The van der Waals surface area contributed by atoms with E-state index in [-0.39, 0.29) is 48.9 Å². The van der Waals surface area contributed by atoms with Crippen LogP contribution >= 0.6 is 12.4 Å². The average Bonchev–Trinajstić information content (AvgIpc) is 3.13. The number of ether oxygens (including phenoxy) is 2. The van der Waals surface area contributed by atoms with E-state index in [1.54, 1.807) is 18.2 Å². The Morgan fingerprint density at radius 3 is 2.65 bits per heavy atom. The van der Waals surface area contributed by atoms with Gasteiger partial charge in [0.15, 0.2) is 0 Å². The highest BCUT2D eigenvalue weighted by molar-refractivity contribution is 6.00. The highest BCUT2D eigenvalue weighted by Crippen LogP contribution is 2.31. The Labute approximate surface area is 224 Å². The van der Waals surface area contributed by atoms with Crippen LogP contribution in [0.25, 0.3) is 0 Å². The molecule has 4 atom stereocenters. The first-order valence-electron chi connectivity index (χ1n) is 12.9. The third-order valence-electron chi connectivity index (χ3n) is 7.54. The quantitative estimate of drug-likeness (QED) is 0.510. The van der Waals surface area contributed by atoms with E-state index in [0.29, 0.717) is 49.7 Å². The lowest BCUT2D eigenvalue weighted by molar-refractivity contribution is -0.00717. The summed E-state index contributed by atoms with van der Waals surface area (Å²) in [7, 11) is 0. The molecule has 3 N–H and O–H groups in total. The fourth-order valence-corrected chi connectivity index (χ4v) is 5.60. The number of aryl methyl sites for hydroxylation is 1. The molecule has 0 saturated carbocycles. The highest BCUT2D eigenvalue weighted by Gasteiger charge is 2.40. The van der Waals surface area contributed by atoms with Crippen molar-refractivity contribution in [2.24, 2.45) is 0 Å². The molecule has 200 valence electrons. The van der Waals surface area contributed by atoms with Gasteiger partial charge >= 0.3 is 0 Å². The molecule has 5 rings (SSSR count). The number of aliphatic hydroxyl groups excluding tert-OH is 1. The summed E-state index contributed by atoms with van der Waals surface area (Å²) in [5, 5.41) is 17.0. The maximum absolute atomic E-state index is 13.3. The number of nitrogens with zero attached hydrogens (tertiary/aromatic N) is 1. The third kappa shape index (κ3) is 5.77. The van der Waals surface area contributed by atoms with Crippen LogP contribution in [0.1, 0.15) is 57.2 Å². The van der Waals surface area contributed by atoms with Gasteiger partial charge < -0.3 is 30.1 Å². The van der Waals surface area contributed by atoms with E-state index < -0.39 is 6.10 Å². The van der Waals surface area contributed by atoms with Crippen LogP contribution in [0.5, 0.6) is 5.75 Å². The predicted molar refractivity (Wildman–Crippen MR) is 143 cm³/mol. The monoisotopic (exact) mass is 529 g/mol. The molecule has 3 heterocycles. The Morgan fingerprint density at radius 2 is 1.92 bits per heavy atom. The largest absolute Gasteiger partial charge is 0.493 e. The van der Waals surface area contributed by atoms with E-state index in [2.05, 4.69) is 35.8 Å². The minimum atomic E-state index is -0.740. The number of carbonyl (C=O) groups is 2. The van der Waals surface area contributed by atoms with Gasteiger partial charge in [0.1, 0.15) is 5.75 Å². The van der Waals surface area contributed by atoms with E-state index in [9.17, 15) is 14.7 Å². The SMILES string of the molecule is CCOc1cc(C(=O)N2C3CCC2COC3)ccc1C(=O)NCC(O)C1Cc2cc(C)ccc2CN1.Cl. The molecule has 0 radical (unpaired) electrons. The molecule has 2 fully saturated rings. The fourth-order valence-electron chi connectivity index (χ4n) is 5.60. The summed E-state index contributed by atoms with van der Waals surface area (Å²) in [6.07, 6.45) is 1.88. The van der Waals surface area contributed by atoms with Crippen LogP contribution < -0.4 is 15.4 Å². The smallest absolute Gasteiger partial charge is 0.255 e. The molecule has 37 heavy (non-hydrogen) atoms. The molecule has 3 aliphatic heterocycles. The van der Waals surface area contributed by atoms with Gasteiger partial charge in [-0.2, -0.15) is 0 Å². The second-order valence-corrected chi connectivity index (χ2v) is 10.0. The van der Waals surface area contributed by atoms with Gasteiger partial charge in [0.2, 0.25) is 0 Å².